The summed E-state index contributed by atoms with van der Waals surface area (Å²) in [5.74, 6) is 1.05. The number of carbonyl (C=O) groups excluding carboxylic acids is 1. The largest absolute Gasteiger partial charge is 0.489 e. The molecular weight excluding hydrogens is 406 g/mol. The van der Waals surface area contributed by atoms with Crippen LogP contribution in [-0.4, -0.2) is 35.7 Å². The first-order valence-electron chi connectivity index (χ1n) is 9.09. The highest BCUT2D eigenvalue weighted by molar-refractivity contribution is 7.09. The highest BCUT2D eigenvalue weighted by Gasteiger charge is 2.14. The Morgan fingerprint density at radius 1 is 1.21 bits per heavy atom. The van der Waals surface area contributed by atoms with E-state index in [1.165, 1.54) is 11.3 Å². The van der Waals surface area contributed by atoms with E-state index in [0.717, 1.165) is 21.9 Å². The number of hydrogen-bond donors (Lipinski definition) is 0. The standard InChI is InChI=1S/C22H22ClN3O2S/c1-15(26(2)3)24-22(27)19-14-29-21(25-19)12-17-11-18(23)9-10-20(17)28-13-16-7-5-4-6-8-16/h4-11,14H,12-13H2,1-3H3. The molecule has 3 aromatic rings. The SMILES string of the molecule is CC(=NC(=O)c1csc(Cc2cc(Cl)ccc2OCc2ccccc2)n1)N(C)C. The molecule has 3 rings (SSSR count). The van der Waals surface area contributed by atoms with Gasteiger partial charge < -0.3 is 9.64 Å². The zero-order valence-electron chi connectivity index (χ0n) is 16.6. The number of aliphatic imine (C=N–C) groups is 1. The number of rotatable bonds is 6. The van der Waals surface area contributed by atoms with Crippen molar-refractivity contribution in [3.63, 3.8) is 0 Å². The van der Waals surface area contributed by atoms with Gasteiger partial charge in [-0.1, -0.05) is 41.9 Å². The fourth-order valence-electron chi connectivity index (χ4n) is 2.52. The summed E-state index contributed by atoms with van der Waals surface area (Å²) in [6.45, 7) is 2.25. The first kappa shape index (κ1) is 21.0. The number of amidine groups is 1. The molecule has 0 saturated carbocycles. The van der Waals surface area contributed by atoms with E-state index in [0.29, 0.717) is 29.6 Å². The molecule has 0 radical (unpaired) electrons. The van der Waals surface area contributed by atoms with Crippen molar-refractivity contribution in [1.29, 1.82) is 0 Å². The molecule has 0 saturated heterocycles. The minimum absolute atomic E-state index is 0.342. The molecule has 0 unspecified atom stereocenters. The molecule has 0 aliphatic heterocycles. The summed E-state index contributed by atoms with van der Waals surface area (Å²) < 4.78 is 6.01. The smallest absolute Gasteiger partial charge is 0.298 e. The second-order valence-corrected chi connectivity index (χ2v) is 8.07. The molecule has 1 aromatic heterocycles. The Balaban J connectivity index is 1.75. The van der Waals surface area contributed by atoms with E-state index in [2.05, 4.69) is 9.98 Å². The molecule has 0 N–H and O–H groups in total. The molecule has 2 aromatic carbocycles. The van der Waals surface area contributed by atoms with Crippen LogP contribution in [0.3, 0.4) is 0 Å². The number of benzene rings is 2. The van der Waals surface area contributed by atoms with Gasteiger partial charge in [-0.2, -0.15) is 4.99 Å². The lowest BCUT2D eigenvalue weighted by Crippen LogP contribution is -2.19. The second kappa shape index (κ2) is 9.67. The number of thiazole rings is 1. The molecule has 0 aliphatic carbocycles. The van der Waals surface area contributed by atoms with Crippen LogP contribution >= 0.6 is 22.9 Å². The molecule has 0 bridgehead atoms. The summed E-state index contributed by atoms with van der Waals surface area (Å²) in [6, 6.07) is 15.5. The maximum atomic E-state index is 12.3. The van der Waals surface area contributed by atoms with Crippen LogP contribution in [0.5, 0.6) is 5.75 Å². The van der Waals surface area contributed by atoms with Crippen molar-refractivity contribution in [2.75, 3.05) is 14.1 Å². The third-order valence-corrected chi connectivity index (χ3v) is 5.37. The molecular formula is C22H22ClN3O2S. The Morgan fingerprint density at radius 2 is 1.97 bits per heavy atom. The van der Waals surface area contributed by atoms with Gasteiger partial charge in [0.1, 0.15) is 23.9 Å². The fraction of sp³-hybridized carbons (Fsp3) is 0.227. The zero-order chi connectivity index (χ0) is 20.8. The van der Waals surface area contributed by atoms with Crippen molar-refractivity contribution >= 4 is 34.7 Å². The number of halogens is 1. The maximum Gasteiger partial charge on any atom is 0.298 e. The van der Waals surface area contributed by atoms with Gasteiger partial charge in [-0.3, -0.25) is 4.79 Å². The van der Waals surface area contributed by atoms with Crippen LogP contribution in [0.25, 0.3) is 0 Å². The Labute approximate surface area is 179 Å². The topological polar surface area (TPSA) is 54.8 Å². The van der Waals surface area contributed by atoms with Crippen molar-refractivity contribution in [1.82, 2.24) is 9.88 Å². The summed E-state index contributed by atoms with van der Waals surface area (Å²) in [6.07, 6.45) is 0.527. The first-order chi connectivity index (χ1) is 13.9. The van der Waals surface area contributed by atoms with Crippen LogP contribution in [-0.2, 0) is 13.0 Å². The summed E-state index contributed by atoms with van der Waals surface area (Å²) in [7, 11) is 3.68. The van der Waals surface area contributed by atoms with Crippen molar-refractivity contribution < 1.29 is 9.53 Å². The molecule has 0 atom stereocenters. The third kappa shape index (κ3) is 5.89. The van der Waals surface area contributed by atoms with Crippen LogP contribution in [0.1, 0.15) is 33.5 Å². The molecule has 150 valence electrons. The average molecular weight is 428 g/mol. The number of amides is 1. The highest BCUT2D eigenvalue weighted by Crippen LogP contribution is 2.27. The number of hydrogen-bond acceptors (Lipinski definition) is 4. The Hall–Kier alpha value is -2.70. The van der Waals surface area contributed by atoms with Gasteiger partial charge in [0, 0.05) is 36.5 Å². The van der Waals surface area contributed by atoms with Crippen molar-refractivity contribution in [2.24, 2.45) is 4.99 Å². The summed E-state index contributed by atoms with van der Waals surface area (Å²) in [5.41, 5.74) is 2.36. The van der Waals surface area contributed by atoms with Gasteiger partial charge in [-0.05, 0) is 30.7 Å². The molecule has 7 heteroatoms. The number of carbonyl (C=O) groups is 1. The van der Waals surface area contributed by atoms with E-state index in [1.807, 2.05) is 56.6 Å². The van der Waals surface area contributed by atoms with E-state index >= 15 is 0 Å². The monoisotopic (exact) mass is 427 g/mol. The van der Waals surface area contributed by atoms with Gasteiger partial charge in [0.2, 0.25) is 0 Å². The predicted molar refractivity (Wildman–Crippen MR) is 118 cm³/mol. The molecule has 0 fully saturated rings. The van der Waals surface area contributed by atoms with Crippen LogP contribution in [0, 0.1) is 0 Å². The summed E-state index contributed by atoms with van der Waals surface area (Å²) in [5, 5.41) is 3.17. The van der Waals surface area contributed by atoms with E-state index in [4.69, 9.17) is 16.3 Å². The number of aromatic nitrogens is 1. The Kier molecular flexibility index (Phi) is 7.01. The third-order valence-electron chi connectivity index (χ3n) is 4.28. The molecule has 29 heavy (non-hydrogen) atoms. The van der Waals surface area contributed by atoms with Crippen molar-refractivity contribution in [2.45, 2.75) is 20.0 Å². The second-order valence-electron chi connectivity index (χ2n) is 6.69. The van der Waals surface area contributed by atoms with Crippen LogP contribution in [0.2, 0.25) is 5.02 Å². The van der Waals surface area contributed by atoms with E-state index in [9.17, 15) is 4.79 Å². The number of ether oxygens (including phenoxy) is 1. The van der Waals surface area contributed by atoms with Crippen molar-refractivity contribution in [3.8, 4) is 5.75 Å². The molecule has 0 aliphatic rings. The minimum Gasteiger partial charge on any atom is -0.489 e. The van der Waals surface area contributed by atoms with Gasteiger partial charge in [0.25, 0.3) is 5.91 Å². The number of nitrogens with zero attached hydrogens (tertiary/aromatic N) is 3. The van der Waals surface area contributed by atoms with E-state index < -0.39 is 0 Å². The highest BCUT2D eigenvalue weighted by atomic mass is 35.5. The van der Waals surface area contributed by atoms with Gasteiger partial charge in [-0.15, -0.1) is 11.3 Å². The quantitative estimate of drug-likeness (QED) is 0.406. The lowest BCUT2D eigenvalue weighted by atomic mass is 10.1. The normalized spacial score (nSPS) is 11.4. The molecule has 5 nitrogen and oxygen atoms in total. The van der Waals surface area contributed by atoms with Crippen molar-refractivity contribution in [3.05, 3.63) is 80.8 Å². The van der Waals surface area contributed by atoms with E-state index in [-0.39, 0.29) is 5.91 Å². The van der Waals surface area contributed by atoms with Gasteiger partial charge >= 0.3 is 0 Å². The van der Waals surface area contributed by atoms with Crippen LogP contribution in [0.15, 0.2) is 58.9 Å². The van der Waals surface area contributed by atoms with Gasteiger partial charge in [-0.25, -0.2) is 4.98 Å². The lowest BCUT2D eigenvalue weighted by Gasteiger charge is -2.11. The molecule has 0 spiro atoms. The average Bonchev–Trinajstić information content (AvgIpc) is 3.17. The van der Waals surface area contributed by atoms with Crippen LogP contribution in [0.4, 0.5) is 0 Å². The van der Waals surface area contributed by atoms with Gasteiger partial charge in [0.05, 0.1) is 5.01 Å². The predicted octanol–water partition coefficient (Wildman–Crippen LogP) is 5.09. The maximum absolute atomic E-state index is 12.3. The Morgan fingerprint density at radius 3 is 2.69 bits per heavy atom. The lowest BCUT2D eigenvalue weighted by molar-refractivity contribution is 0.0997. The van der Waals surface area contributed by atoms with Crippen LogP contribution < -0.4 is 4.74 Å². The minimum atomic E-state index is -0.342. The molecule has 1 amide bonds. The summed E-state index contributed by atoms with van der Waals surface area (Å²) >= 11 is 7.62. The van der Waals surface area contributed by atoms with Gasteiger partial charge in [0.15, 0.2) is 0 Å². The first-order valence-corrected chi connectivity index (χ1v) is 10.3. The zero-order valence-corrected chi connectivity index (χ0v) is 18.1. The Bertz CT molecular complexity index is 1020. The van der Waals surface area contributed by atoms with E-state index in [1.54, 1.807) is 23.3 Å². The molecule has 1 heterocycles. The fourth-order valence-corrected chi connectivity index (χ4v) is 3.51. The summed E-state index contributed by atoms with van der Waals surface area (Å²) in [4.78, 5) is 22.6.